The molecule has 2 rings (SSSR count). The lowest BCUT2D eigenvalue weighted by Gasteiger charge is -2.18. The molecule has 0 fully saturated rings. The van der Waals surface area contributed by atoms with Crippen LogP contribution in [0.25, 0.3) is 0 Å². The molecule has 0 saturated heterocycles. The molecular weight excluding hydrogens is 288 g/mol. The predicted molar refractivity (Wildman–Crippen MR) is 86.4 cm³/mol. The number of rotatable bonds is 6. The third kappa shape index (κ3) is 4.31. The second-order valence-corrected chi connectivity index (χ2v) is 5.05. The zero-order valence-corrected chi connectivity index (χ0v) is 13.2. The molecule has 0 spiro atoms. The highest BCUT2D eigenvalue weighted by atomic mass is 35.5. The summed E-state index contributed by atoms with van der Waals surface area (Å²) >= 11 is 6.04. The first kappa shape index (κ1) is 15.5. The number of nitrogens with zero attached hydrogens (tertiary/aromatic N) is 3. The summed E-state index contributed by atoms with van der Waals surface area (Å²) in [4.78, 5) is 10.6. The molecule has 0 radical (unpaired) electrons. The Morgan fingerprint density at radius 2 is 2.00 bits per heavy atom. The van der Waals surface area contributed by atoms with Crippen LogP contribution in [-0.4, -0.2) is 30.7 Å². The number of benzene rings is 1. The summed E-state index contributed by atoms with van der Waals surface area (Å²) in [5.41, 5.74) is 2.03. The average Bonchev–Trinajstić information content (AvgIpc) is 2.45. The molecule has 6 heteroatoms. The van der Waals surface area contributed by atoms with Gasteiger partial charge in [0.15, 0.2) is 5.82 Å². The molecule has 0 amide bonds. The topological polar surface area (TPSA) is 50.3 Å². The van der Waals surface area contributed by atoms with E-state index in [0.717, 1.165) is 11.4 Å². The highest BCUT2D eigenvalue weighted by molar-refractivity contribution is 6.29. The second-order valence-electron chi connectivity index (χ2n) is 4.67. The summed E-state index contributed by atoms with van der Waals surface area (Å²) in [7, 11) is 3.99. The summed E-state index contributed by atoms with van der Waals surface area (Å²) in [6.45, 7) is 2.89. The van der Waals surface area contributed by atoms with Gasteiger partial charge >= 0.3 is 0 Å². The maximum absolute atomic E-state index is 6.04. The van der Waals surface area contributed by atoms with Crippen LogP contribution in [0, 0.1) is 0 Å². The van der Waals surface area contributed by atoms with Gasteiger partial charge in [0, 0.05) is 26.8 Å². The van der Waals surface area contributed by atoms with Gasteiger partial charge in [0.1, 0.15) is 17.6 Å². The van der Waals surface area contributed by atoms with Crippen molar-refractivity contribution in [2.75, 3.05) is 30.9 Å². The van der Waals surface area contributed by atoms with Crippen LogP contribution in [-0.2, 0) is 11.3 Å². The molecule has 1 aromatic carbocycles. The smallest absolute Gasteiger partial charge is 0.158 e. The minimum Gasteiger partial charge on any atom is -0.376 e. The third-order valence-corrected chi connectivity index (χ3v) is 3.02. The molecule has 0 atom stereocenters. The van der Waals surface area contributed by atoms with Crippen molar-refractivity contribution in [2.45, 2.75) is 13.5 Å². The van der Waals surface area contributed by atoms with Crippen LogP contribution < -0.4 is 10.2 Å². The summed E-state index contributed by atoms with van der Waals surface area (Å²) < 4.78 is 5.32. The highest BCUT2D eigenvalue weighted by Crippen LogP contribution is 2.27. The fraction of sp³-hybridized carbons (Fsp3) is 0.333. The van der Waals surface area contributed by atoms with Crippen LogP contribution in [0.5, 0.6) is 0 Å². The zero-order chi connectivity index (χ0) is 15.2. The van der Waals surface area contributed by atoms with Crippen molar-refractivity contribution in [1.82, 2.24) is 9.97 Å². The van der Waals surface area contributed by atoms with Gasteiger partial charge < -0.3 is 15.0 Å². The summed E-state index contributed by atoms with van der Waals surface area (Å²) in [6.07, 6.45) is 0. The van der Waals surface area contributed by atoms with E-state index in [0.29, 0.717) is 30.0 Å². The van der Waals surface area contributed by atoms with Crippen LogP contribution in [0.2, 0.25) is 5.15 Å². The Morgan fingerprint density at radius 3 is 2.71 bits per heavy atom. The largest absolute Gasteiger partial charge is 0.376 e. The molecule has 0 unspecified atom stereocenters. The molecule has 1 N–H and O–H groups in total. The highest BCUT2D eigenvalue weighted by Gasteiger charge is 2.07. The quantitative estimate of drug-likeness (QED) is 0.828. The first-order chi connectivity index (χ1) is 10.1. The second kappa shape index (κ2) is 7.24. The van der Waals surface area contributed by atoms with Crippen molar-refractivity contribution in [2.24, 2.45) is 0 Å². The Hall–Kier alpha value is -1.85. The van der Waals surface area contributed by atoms with E-state index in [9.17, 15) is 0 Å². The Kier molecular flexibility index (Phi) is 5.36. The van der Waals surface area contributed by atoms with Gasteiger partial charge in [-0.15, -0.1) is 0 Å². The van der Waals surface area contributed by atoms with E-state index < -0.39 is 0 Å². The molecule has 5 nitrogen and oxygen atoms in total. The lowest BCUT2D eigenvalue weighted by atomic mass is 10.2. The first-order valence-corrected chi connectivity index (χ1v) is 7.12. The van der Waals surface area contributed by atoms with E-state index in [2.05, 4.69) is 15.3 Å². The fourth-order valence-corrected chi connectivity index (χ4v) is 2.09. The molecule has 1 aromatic heterocycles. The fourth-order valence-electron chi connectivity index (χ4n) is 1.89. The number of aromatic nitrogens is 2. The Balaban J connectivity index is 2.25. The van der Waals surface area contributed by atoms with Crippen molar-refractivity contribution >= 4 is 28.8 Å². The molecular formula is C15H19ClN4O. The standard InChI is InChI=1S/C15H19ClN4O/c1-4-21-10-15-18-13(16)9-14(19-15)17-11-7-5-6-8-12(11)20(2)3/h5-9H,4,10H2,1-3H3,(H,17,18,19). The summed E-state index contributed by atoms with van der Waals surface area (Å²) in [5.74, 6) is 1.22. The van der Waals surface area contributed by atoms with Gasteiger partial charge in [0.25, 0.3) is 0 Å². The maximum atomic E-state index is 6.04. The van der Waals surface area contributed by atoms with Gasteiger partial charge in [-0.05, 0) is 19.1 Å². The lowest BCUT2D eigenvalue weighted by Crippen LogP contribution is -2.11. The normalized spacial score (nSPS) is 10.5. The van der Waals surface area contributed by atoms with Crippen molar-refractivity contribution in [3.8, 4) is 0 Å². The molecule has 0 saturated carbocycles. The lowest BCUT2D eigenvalue weighted by molar-refractivity contribution is 0.128. The zero-order valence-electron chi connectivity index (χ0n) is 12.4. The van der Waals surface area contributed by atoms with Crippen LogP contribution in [0.3, 0.4) is 0 Å². The van der Waals surface area contributed by atoms with Gasteiger partial charge in [0.05, 0.1) is 11.4 Å². The summed E-state index contributed by atoms with van der Waals surface area (Å²) in [6, 6.07) is 9.69. The number of nitrogens with one attached hydrogen (secondary N) is 1. The third-order valence-electron chi connectivity index (χ3n) is 2.83. The van der Waals surface area contributed by atoms with E-state index in [4.69, 9.17) is 16.3 Å². The van der Waals surface area contributed by atoms with E-state index >= 15 is 0 Å². The van der Waals surface area contributed by atoms with Crippen molar-refractivity contribution < 1.29 is 4.74 Å². The van der Waals surface area contributed by atoms with E-state index in [1.807, 2.05) is 50.2 Å². The average molecular weight is 307 g/mol. The van der Waals surface area contributed by atoms with Gasteiger partial charge in [-0.3, -0.25) is 0 Å². The number of anilines is 3. The molecule has 112 valence electrons. The Morgan fingerprint density at radius 1 is 1.24 bits per heavy atom. The molecule has 1 heterocycles. The predicted octanol–water partition coefficient (Wildman–Crippen LogP) is 3.48. The number of hydrogen-bond acceptors (Lipinski definition) is 5. The van der Waals surface area contributed by atoms with Gasteiger partial charge in [-0.25, -0.2) is 9.97 Å². The van der Waals surface area contributed by atoms with Gasteiger partial charge in [-0.1, -0.05) is 23.7 Å². The minimum absolute atomic E-state index is 0.348. The molecule has 2 aromatic rings. The molecule has 21 heavy (non-hydrogen) atoms. The summed E-state index contributed by atoms with van der Waals surface area (Å²) in [5, 5.41) is 3.67. The van der Waals surface area contributed by atoms with E-state index in [1.54, 1.807) is 6.07 Å². The number of ether oxygens (including phenoxy) is 1. The van der Waals surface area contributed by atoms with Gasteiger partial charge in [0.2, 0.25) is 0 Å². The monoisotopic (exact) mass is 306 g/mol. The minimum atomic E-state index is 0.348. The number of halogens is 1. The molecule has 0 bridgehead atoms. The molecule has 0 aliphatic heterocycles. The Labute approximate surface area is 129 Å². The van der Waals surface area contributed by atoms with E-state index in [-0.39, 0.29) is 0 Å². The maximum Gasteiger partial charge on any atom is 0.158 e. The Bertz CT molecular complexity index is 604. The number of hydrogen-bond donors (Lipinski definition) is 1. The van der Waals surface area contributed by atoms with Gasteiger partial charge in [-0.2, -0.15) is 0 Å². The van der Waals surface area contributed by atoms with Crippen molar-refractivity contribution in [3.05, 3.63) is 41.3 Å². The van der Waals surface area contributed by atoms with Crippen molar-refractivity contribution in [1.29, 1.82) is 0 Å². The molecule has 0 aliphatic rings. The van der Waals surface area contributed by atoms with Crippen LogP contribution in [0.1, 0.15) is 12.7 Å². The molecule has 0 aliphatic carbocycles. The van der Waals surface area contributed by atoms with Crippen LogP contribution >= 0.6 is 11.6 Å². The number of para-hydroxylation sites is 2. The van der Waals surface area contributed by atoms with E-state index in [1.165, 1.54) is 0 Å². The first-order valence-electron chi connectivity index (χ1n) is 6.74. The SMILES string of the molecule is CCOCc1nc(Cl)cc(Nc2ccccc2N(C)C)n1. The van der Waals surface area contributed by atoms with Crippen LogP contribution in [0.4, 0.5) is 17.2 Å². The van der Waals surface area contributed by atoms with Crippen LogP contribution in [0.15, 0.2) is 30.3 Å². The van der Waals surface area contributed by atoms with Crippen molar-refractivity contribution in [3.63, 3.8) is 0 Å².